The van der Waals surface area contributed by atoms with Crippen LogP contribution in [0.5, 0.6) is 0 Å². The number of likely N-dealkylation sites (N-methyl/N-ethyl adjacent to an activating group) is 3. The Labute approximate surface area is 177 Å². The molecule has 4 amide bonds. The number of anilines is 1. The zero-order valence-corrected chi connectivity index (χ0v) is 18.8. The molecule has 2 N–H and O–H groups in total. The Morgan fingerprint density at radius 2 is 1.77 bits per heavy atom. The molecule has 164 valence electrons. The van der Waals surface area contributed by atoms with Crippen LogP contribution < -0.4 is 10.6 Å². The second-order valence-electron chi connectivity index (χ2n) is 7.30. The number of nitrogens with zero attached hydrogens (tertiary/aromatic N) is 4. The molecule has 0 aliphatic rings. The van der Waals surface area contributed by atoms with Gasteiger partial charge in [-0.2, -0.15) is 5.10 Å². The number of amides is 4. The first-order valence-electron chi connectivity index (χ1n) is 10.2. The highest BCUT2D eigenvalue weighted by Crippen LogP contribution is 2.23. The van der Waals surface area contributed by atoms with Crippen LogP contribution in [-0.2, 0) is 22.6 Å². The monoisotopic (exact) mass is 416 g/mol. The molecule has 0 saturated carbocycles. The molecule has 0 aliphatic carbocycles. The van der Waals surface area contributed by atoms with Crippen LogP contribution in [0.1, 0.15) is 33.4 Å². The number of carbonyl (C=O) groups is 3. The van der Waals surface area contributed by atoms with Gasteiger partial charge in [-0.15, -0.1) is 0 Å². The van der Waals surface area contributed by atoms with Crippen LogP contribution in [0.15, 0.2) is 18.2 Å². The lowest BCUT2D eigenvalue weighted by molar-refractivity contribution is -0.140. The third-order valence-corrected chi connectivity index (χ3v) is 5.53. The maximum absolute atomic E-state index is 12.7. The van der Waals surface area contributed by atoms with Gasteiger partial charge in [0.05, 0.1) is 11.2 Å². The highest BCUT2D eigenvalue weighted by Gasteiger charge is 2.29. The molecule has 2 rings (SSSR count). The molecule has 2 unspecified atom stereocenters. The highest BCUT2D eigenvalue weighted by atomic mass is 16.2. The van der Waals surface area contributed by atoms with Gasteiger partial charge in [0.25, 0.3) is 0 Å². The zero-order chi connectivity index (χ0) is 22.6. The fourth-order valence-electron chi connectivity index (χ4n) is 3.25. The van der Waals surface area contributed by atoms with E-state index in [0.717, 1.165) is 29.6 Å². The molecule has 0 radical (unpaired) electrons. The Morgan fingerprint density at radius 3 is 2.33 bits per heavy atom. The lowest BCUT2D eigenvalue weighted by Gasteiger charge is -2.31. The van der Waals surface area contributed by atoms with Crippen LogP contribution in [0.25, 0.3) is 10.9 Å². The van der Waals surface area contributed by atoms with Gasteiger partial charge >= 0.3 is 6.03 Å². The SMILES string of the molecule is CCc1nn(CC)c2cc(NC(=O)N(C)C(C)C(=O)N(C)C(C)C(=O)NC)ccc12. The lowest BCUT2D eigenvalue weighted by Crippen LogP contribution is -2.53. The van der Waals surface area contributed by atoms with E-state index in [1.54, 1.807) is 27.9 Å². The van der Waals surface area contributed by atoms with E-state index < -0.39 is 18.1 Å². The van der Waals surface area contributed by atoms with Gasteiger partial charge in [-0.1, -0.05) is 6.92 Å². The van der Waals surface area contributed by atoms with Crippen molar-refractivity contribution in [2.24, 2.45) is 0 Å². The van der Waals surface area contributed by atoms with E-state index in [9.17, 15) is 14.4 Å². The van der Waals surface area contributed by atoms with Gasteiger partial charge in [-0.05, 0) is 45.4 Å². The van der Waals surface area contributed by atoms with E-state index in [1.165, 1.54) is 16.8 Å². The van der Waals surface area contributed by atoms with Crippen molar-refractivity contribution in [3.63, 3.8) is 0 Å². The molecule has 9 heteroatoms. The minimum atomic E-state index is -0.737. The van der Waals surface area contributed by atoms with Crippen LogP contribution in [-0.4, -0.2) is 70.7 Å². The number of carbonyl (C=O) groups excluding carboxylic acids is 3. The molecule has 1 aromatic carbocycles. The van der Waals surface area contributed by atoms with Gasteiger partial charge in [-0.25, -0.2) is 4.79 Å². The number of nitrogens with one attached hydrogen (secondary N) is 2. The Balaban J connectivity index is 2.14. The lowest BCUT2D eigenvalue weighted by atomic mass is 10.1. The van der Waals surface area contributed by atoms with Gasteiger partial charge in [0.1, 0.15) is 12.1 Å². The van der Waals surface area contributed by atoms with Crippen molar-refractivity contribution in [3.8, 4) is 0 Å². The maximum Gasteiger partial charge on any atom is 0.322 e. The molecule has 0 saturated heterocycles. The second kappa shape index (κ2) is 9.60. The van der Waals surface area contributed by atoms with E-state index >= 15 is 0 Å². The van der Waals surface area contributed by atoms with Crippen molar-refractivity contribution >= 4 is 34.4 Å². The van der Waals surface area contributed by atoms with E-state index in [1.807, 2.05) is 29.8 Å². The normalized spacial score (nSPS) is 12.9. The predicted octanol–water partition coefficient (Wildman–Crippen LogP) is 2.06. The number of hydrogen-bond donors (Lipinski definition) is 2. The molecular formula is C21H32N6O3. The van der Waals surface area contributed by atoms with E-state index in [4.69, 9.17) is 0 Å². The van der Waals surface area contributed by atoms with Gasteiger partial charge < -0.3 is 20.4 Å². The van der Waals surface area contributed by atoms with Crippen molar-refractivity contribution in [1.82, 2.24) is 24.9 Å². The molecule has 2 atom stereocenters. The van der Waals surface area contributed by atoms with E-state index in [2.05, 4.69) is 22.7 Å². The Bertz CT molecular complexity index is 938. The summed E-state index contributed by atoms with van der Waals surface area (Å²) >= 11 is 0. The van der Waals surface area contributed by atoms with Crippen molar-refractivity contribution in [1.29, 1.82) is 0 Å². The Morgan fingerprint density at radius 1 is 1.10 bits per heavy atom. The smallest absolute Gasteiger partial charge is 0.322 e. The number of aryl methyl sites for hydroxylation is 2. The molecular weight excluding hydrogens is 384 g/mol. The zero-order valence-electron chi connectivity index (χ0n) is 18.8. The Kier molecular flexibility index (Phi) is 7.42. The number of urea groups is 1. The van der Waals surface area contributed by atoms with Crippen LogP contribution in [0.2, 0.25) is 0 Å². The summed E-state index contributed by atoms with van der Waals surface area (Å²) in [5.74, 6) is -0.590. The first kappa shape index (κ1) is 23.2. The third kappa shape index (κ3) is 4.55. The quantitative estimate of drug-likeness (QED) is 0.722. The molecule has 0 aliphatic heterocycles. The molecule has 9 nitrogen and oxygen atoms in total. The van der Waals surface area contributed by atoms with Gasteiger partial charge in [0.2, 0.25) is 11.8 Å². The summed E-state index contributed by atoms with van der Waals surface area (Å²) in [7, 11) is 4.63. The predicted molar refractivity (Wildman–Crippen MR) is 117 cm³/mol. The summed E-state index contributed by atoms with van der Waals surface area (Å²) in [6.45, 7) is 8.09. The molecule has 30 heavy (non-hydrogen) atoms. The summed E-state index contributed by atoms with van der Waals surface area (Å²) < 4.78 is 1.91. The van der Waals surface area contributed by atoms with E-state index in [-0.39, 0.29) is 11.8 Å². The van der Waals surface area contributed by atoms with Crippen molar-refractivity contribution in [2.75, 3.05) is 26.5 Å². The summed E-state index contributed by atoms with van der Waals surface area (Å²) in [6.07, 6.45) is 0.833. The van der Waals surface area contributed by atoms with Crippen LogP contribution in [0.3, 0.4) is 0 Å². The topological polar surface area (TPSA) is 99.6 Å². The largest absolute Gasteiger partial charge is 0.357 e. The van der Waals surface area contributed by atoms with E-state index in [0.29, 0.717) is 5.69 Å². The van der Waals surface area contributed by atoms with Crippen LogP contribution in [0.4, 0.5) is 10.5 Å². The first-order chi connectivity index (χ1) is 14.2. The summed E-state index contributed by atoms with van der Waals surface area (Å²) in [4.78, 5) is 39.9. The summed E-state index contributed by atoms with van der Waals surface area (Å²) in [6, 6.07) is 3.90. The molecule has 0 spiro atoms. The minimum Gasteiger partial charge on any atom is -0.357 e. The number of rotatable bonds is 7. The first-order valence-corrected chi connectivity index (χ1v) is 10.2. The van der Waals surface area contributed by atoms with Crippen LogP contribution in [0, 0.1) is 0 Å². The number of fused-ring (bicyclic) bond motifs is 1. The minimum absolute atomic E-state index is 0.266. The highest BCUT2D eigenvalue weighted by molar-refractivity contribution is 5.96. The van der Waals surface area contributed by atoms with Gasteiger partial charge in [0.15, 0.2) is 0 Å². The summed E-state index contributed by atoms with van der Waals surface area (Å²) in [5.41, 5.74) is 2.61. The number of aromatic nitrogens is 2. The van der Waals surface area contributed by atoms with Gasteiger partial charge in [0, 0.05) is 38.8 Å². The van der Waals surface area contributed by atoms with Crippen molar-refractivity contribution in [2.45, 2.75) is 52.7 Å². The molecule has 0 fully saturated rings. The molecule has 1 heterocycles. The third-order valence-electron chi connectivity index (χ3n) is 5.53. The molecule has 2 aromatic rings. The second-order valence-corrected chi connectivity index (χ2v) is 7.30. The average molecular weight is 417 g/mol. The van der Waals surface area contributed by atoms with Crippen molar-refractivity contribution in [3.05, 3.63) is 23.9 Å². The molecule has 0 bridgehead atoms. The summed E-state index contributed by atoms with van der Waals surface area (Å²) in [5, 5.41) is 11.0. The average Bonchev–Trinajstić information content (AvgIpc) is 3.12. The van der Waals surface area contributed by atoms with Gasteiger partial charge in [-0.3, -0.25) is 14.3 Å². The van der Waals surface area contributed by atoms with Crippen molar-refractivity contribution < 1.29 is 14.4 Å². The number of hydrogen-bond acceptors (Lipinski definition) is 4. The maximum atomic E-state index is 12.7. The number of benzene rings is 1. The molecule has 1 aromatic heterocycles. The fourth-order valence-corrected chi connectivity index (χ4v) is 3.25. The van der Waals surface area contributed by atoms with Crippen LogP contribution >= 0.6 is 0 Å². The fraction of sp³-hybridized carbons (Fsp3) is 0.524. The Hall–Kier alpha value is -3.10. The standard InChI is InChI=1S/C21H32N6O3/c1-8-17-16-11-10-15(12-18(16)27(9-2)24-17)23-21(30)26(7)14(4)20(29)25(6)13(3)19(28)22-5/h10-14H,8-9H2,1-7H3,(H,22,28)(H,23,30).